The molecule has 23 heavy (non-hydrogen) atoms. The molecule has 3 heterocycles. The van der Waals surface area contributed by atoms with Crippen LogP contribution in [0.1, 0.15) is 18.9 Å². The Morgan fingerprint density at radius 3 is 2.83 bits per heavy atom. The van der Waals surface area contributed by atoms with Crippen LogP contribution in [0, 0.1) is 0 Å². The highest BCUT2D eigenvalue weighted by molar-refractivity contribution is 9.10. The number of fused-ring (bicyclic) bond motifs is 3. The Kier molecular flexibility index (Phi) is 3.89. The monoisotopic (exact) mass is 372 g/mol. The molecule has 0 aliphatic carbocycles. The molecule has 0 spiro atoms. The molecule has 1 aromatic rings. The van der Waals surface area contributed by atoms with Gasteiger partial charge in [-0.15, -0.1) is 0 Å². The zero-order valence-corrected chi connectivity index (χ0v) is 14.7. The second-order valence-electron chi connectivity index (χ2n) is 6.08. The SMILES string of the molecule is CC1=[N+]=C2CC(=N1)C(N1CCNCC1)=Nc1ccc(Br)cc1C2. The molecule has 4 rings (SSSR count). The molecule has 0 aromatic heterocycles. The third-order valence-electron chi connectivity index (χ3n) is 4.33. The smallest absolute Gasteiger partial charge is 0.351 e. The van der Waals surface area contributed by atoms with Crippen molar-refractivity contribution < 1.29 is 0 Å². The minimum absolute atomic E-state index is 0.798. The van der Waals surface area contributed by atoms with E-state index in [2.05, 4.69) is 49.0 Å². The quantitative estimate of drug-likeness (QED) is 0.704. The van der Waals surface area contributed by atoms with Gasteiger partial charge in [-0.2, -0.15) is 0 Å². The van der Waals surface area contributed by atoms with Crippen LogP contribution in [-0.4, -0.2) is 54.2 Å². The number of nitrogens with one attached hydrogen (secondary N) is 1. The second-order valence-corrected chi connectivity index (χ2v) is 7.00. The van der Waals surface area contributed by atoms with Gasteiger partial charge in [0.05, 0.1) is 19.0 Å². The molecular weight excluding hydrogens is 354 g/mol. The van der Waals surface area contributed by atoms with E-state index in [4.69, 9.17) is 9.98 Å². The number of amidine groups is 2. The van der Waals surface area contributed by atoms with Crippen molar-refractivity contribution in [2.75, 3.05) is 26.2 Å². The normalized spacial score (nSPS) is 20.5. The highest BCUT2D eigenvalue weighted by atomic mass is 79.9. The van der Waals surface area contributed by atoms with Crippen LogP contribution in [0.25, 0.3) is 0 Å². The number of halogens is 1. The fraction of sp³-hybridized carbons (Fsp3) is 0.412. The number of rotatable bonds is 0. The maximum atomic E-state index is 5.01. The molecule has 3 aliphatic rings. The maximum absolute atomic E-state index is 5.01. The summed E-state index contributed by atoms with van der Waals surface area (Å²) >= 11 is 3.57. The first kappa shape index (κ1) is 14.8. The van der Waals surface area contributed by atoms with Crippen molar-refractivity contribution in [1.29, 1.82) is 0 Å². The first-order chi connectivity index (χ1) is 11.2. The Labute approximate surface area is 144 Å². The Morgan fingerprint density at radius 2 is 2.00 bits per heavy atom. The molecule has 2 bridgehead atoms. The third-order valence-corrected chi connectivity index (χ3v) is 4.82. The van der Waals surface area contributed by atoms with Gasteiger partial charge < -0.3 is 10.2 Å². The highest BCUT2D eigenvalue weighted by Crippen LogP contribution is 2.27. The van der Waals surface area contributed by atoms with Crippen LogP contribution in [0.2, 0.25) is 0 Å². The molecule has 0 atom stereocenters. The van der Waals surface area contributed by atoms with Crippen molar-refractivity contribution >= 4 is 44.7 Å². The second kappa shape index (κ2) is 6.04. The summed E-state index contributed by atoms with van der Waals surface area (Å²) in [4.78, 5) is 12.1. The molecule has 1 N–H and O–H groups in total. The van der Waals surface area contributed by atoms with E-state index in [0.29, 0.717) is 0 Å². The molecular formula is C17H19BrN5+. The Bertz CT molecular complexity index is 780. The van der Waals surface area contributed by atoms with Crippen molar-refractivity contribution in [3.8, 4) is 0 Å². The van der Waals surface area contributed by atoms with Crippen molar-refractivity contribution in [2.24, 2.45) is 9.98 Å². The van der Waals surface area contributed by atoms with E-state index in [1.807, 2.05) is 6.92 Å². The summed E-state index contributed by atoms with van der Waals surface area (Å²) in [7, 11) is 0. The Hall–Kier alpha value is -1.75. The van der Waals surface area contributed by atoms with E-state index in [1.54, 1.807) is 0 Å². The molecule has 1 saturated heterocycles. The molecule has 1 fully saturated rings. The predicted octanol–water partition coefficient (Wildman–Crippen LogP) is 1.71. The minimum Gasteiger partial charge on any atom is -0.351 e. The molecule has 0 unspecified atom stereocenters. The fourth-order valence-corrected chi connectivity index (χ4v) is 3.69. The van der Waals surface area contributed by atoms with Gasteiger partial charge in [0, 0.05) is 37.1 Å². The highest BCUT2D eigenvalue weighted by Gasteiger charge is 2.31. The molecule has 118 valence electrons. The van der Waals surface area contributed by atoms with E-state index < -0.39 is 0 Å². The van der Waals surface area contributed by atoms with E-state index >= 15 is 0 Å². The molecule has 5 nitrogen and oxygen atoms in total. The van der Waals surface area contributed by atoms with Crippen molar-refractivity contribution in [3.63, 3.8) is 0 Å². The fourth-order valence-electron chi connectivity index (χ4n) is 3.29. The lowest BCUT2D eigenvalue weighted by atomic mass is 9.99. The lowest BCUT2D eigenvalue weighted by Gasteiger charge is -2.30. The first-order valence-corrected chi connectivity index (χ1v) is 8.79. The number of nitrogens with zero attached hydrogens (tertiary/aromatic N) is 4. The van der Waals surface area contributed by atoms with Crippen molar-refractivity contribution in [2.45, 2.75) is 19.8 Å². The lowest BCUT2D eigenvalue weighted by molar-refractivity contribution is 0.361. The largest absolute Gasteiger partial charge is 0.386 e. The summed E-state index contributed by atoms with van der Waals surface area (Å²) in [6, 6.07) is 6.29. The summed E-state index contributed by atoms with van der Waals surface area (Å²) in [6.07, 6.45) is 1.63. The van der Waals surface area contributed by atoms with E-state index in [-0.39, 0.29) is 0 Å². The number of hydrogen-bond acceptors (Lipinski definition) is 4. The first-order valence-electron chi connectivity index (χ1n) is 8.00. The predicted molar refractivity (Wildman–Crippen MR) is 99.3 cm³/mol. The van der Waals surface area contributed by atoms with Crippen molar-refractivity contribution in [1.82, 2.24) is 14.9 Å². The van der Waals surface area contributed by atoms with Crippen LogP contribution in [0.3, 0.4) is 0 Å². The summed E-state index contributed by atoms with van der Waals surface area (Å²) in [5, 5.41) is 3.40. The van der Waals surface area contributed by atoms with Gasteiger partial charge in [0.25, 0.3) is 0 Å². The number of benzene rings is 1. The number of aliphatic imine (C=N–C) groups is 2. The van der Waals surface area contributed by atoms with Crippen LogP contribution in [0.5, 0.6) is 0 Å². The standard InChI is InChI=1S/C17H19BrN5/c1-11-20-14-9-12-8-13(18)2-3-15(12)22-17(16(10-14)21-11)23-6-4-19-5-7-23/h2-3,8,19H,4-7,9-10H2,1H3/q+1. The van der Waals surface area contributed by atoms with Gasteiger partial charge in [0.15, 0.2) is 11.5 Å². The summed E-state index contributed by atoms with van der Waals surface area (Å²) in [5.74, 6) is 1.85. The molecule has 0 amide bonds. The zero-order chi connectivity index (χ0) is 15.8. The average molecular weight is 373 g/mol. The van der Waals surface area contributed by atoms with E-state index in [1.165, 1.54) is 11.3 Å². The van der Waals surface area contributed by atoms with Crippen LogP contribution in [0.4, 0.5) is 5.69 Å². The number of piperazine rings is 1. The topological polar surface area (TPSA) is 54.1 Å². The molecule has 3 aliphatic heterocycles. The molecule has 0 saturated carbocycles. The van der Waals surface area contributed by atoms with Gasteiger partial charge in [0.2, 0.25) is 5.71 Å². The van der Waals surface area contributed by atoms with Crippen molar-refractivity contribution in [3.05, 3.63) is 28.2 Å². The molecule has 1 aromatic carbocycles. The molecule has 6 heteroatoms. The van der Waals surface area contributed by atoms with Crippen LogP contribution in [0.15, 0.2) is 32.7 Å². The van der Waals surface area contributed by atoms with E-state index in [0.717, 1.165) is 66.6 Å². The maximum Gasteiger partial charge on any atom is 0.386 e. The Morgan fingerprint density at radius 1 is 1.17 bits per heavy atom. The third kappa shape index (κ3) is 3.02. The lowest BCUT2D eigenvalue weighted by Crippen LogP contribution is -2.49. The van der Waals surface area contributed by atoms with Crippen LogP contribution < -0.4 is 9.98 Å². The van der Waals surface area contributed by atoms with Gasteiger partial charge in [-0.1, -0.05) is 15.9 Å². The van der Waals surface area contributed by atoms with E-state index in [9.17, 15) is 0 Å². The average Bonchev–Trinajstić information content (AvgIpc) is 2.53. The van der Waals surface area contributed by atoms with Gasteiger partial charge in [0.1, 0.15) is 0 Å². The van der Waals surface area contributed by atoms with Crippen LogP contribution in [-0.2, 0) is 6.42 Å². The van der Waals surface area contributed by atoms with Gasteiger partial charge >= 0.3 is 5.84 Å². The molecule has 0 radical (unpaired) electrons. The van der Waals surface area contributed by atoms with Crippen LogP contribution >= 0.6 is 15.9 Å². The summed E-state index contributed by atoms with van der Waals surface area (Å²) in [5.41, 5.74) is 4.48. The number of hydrogen-bond donors (Lipinski definition) is 1. The summed E-state index contributed by atoms with van der Waals surface area (Å²) < 4.78 is 5.74. The van der Waals surface area contributed by atoms with Gasteiger partial charge in [-0.3, -0.25) is 0 Å². The minimum atomic E-state index is 0.798. The summed E-state index contributed by atoms with van der Waals surface area (Å²) in [6.45, 7) is 5.88. The Balaban J connectivity index is 1.86. The zero-order valence-electron chi connectivity index (χ0n) is 13.1. The van der Waals surface area contributed by atoms with Gasteiger partial charge in [-0.25, -0.2) is 9.66 Å². The van der Waals surface area contributed by atoms with Gasteiger partial charge in [-0.05, 0) is 28.8 Å².